The molecule has 1 fully saturated rings. The van der Waals surface area contributed by atoms with Gasteiger partial charge in [0.25, 0.3) is 0 Å². The number of aliphatic imine (C=N–C) groups is 1. The number of imide groups is 1. The van der Waals surface area contributed by atoms with E-state index < -0.39 is 6.04 Å². The van der Waals surface area contributed by atoms with Gasteiger partial charge >= 0.3 is 0 Å². The third kappa shape index (κ3) is 2.06. The molecule has 19 heavy (non-hydrogen) atoms. The summed E-state index contributed by atoms with van der Waals surface area (Å²) in [5.41, 5.74) is 1.95. The predicted octanol–water partition coefficient (Wildman–Crippen LogP) is 1.73. The van der Waals surface area contributed by atoms with Crippen LogP contribution >= 0.6 is 15.9 Å². The van der Waals surface area contributed by atoms with Crippen molar-refractivity contribution in [2.24, 2.45) is 4.99 Å². The molecule has 2 amide bonds. The van der Waals surface area contributed by atoms with Gasteiger partial charge in [0.05, 0.1) is 12.1 Å². The van der Waals surface area contributed by atoms with E-state index in [-0.39, 0.29) is 18.2 Å². The Morgan fingerprint density at radius 3 is 2.89 bits per heavy atom. The SMILES string of the molecule is CC1=Nc2cccc(Br)c2CN1C1CC(=O)NC1=O. The highest BCUT2D eigenvalue weighted by atomic mass is 79.9. The summed E-state index contributed by atoms with van der Waals surface area (Å²) in [6, 6.07) is 5.38. The van der Waals surface area contributed by atoms with Crippen molar-refractivity contribution in [2.45, 2.75) is 25.9 Å². The Bertz CT molecular complexity index is 612. The molecule has 2 aliphatic rings. The molecule has 0 saturated carbocycles. The number of amidine groups is 1. The van der Waals surface area contributed by atoms with Gasteiger partial charge in [-0.1, -0.05) is 22.0 Å². The average Bonchev–Trinajstić information content (AvgIpc) is 2.68. The van der Waals surface area contributed by atoms with Gasteiger partial charge in [-0.3, -0.25) is 14.9 Å². The number of carbonyl (C=O) groups excluding carboxylic acids is 2. The Balaban J connectivity index is 1.97. The maximum Gasteiger partial charge on any atom is 0.249 e. The summed E-state index contributed by atoms with van der Waals surface area (Å²) < 4.78 is 0.969. The van der Waals surface area contributed by atoms with Crippen LogP contribution in [0.25, 0.3) is 0 Å². The summed E-state index contributed by atoms with van der Waals surface area (Å²) >= 11 is 3.50. The van der Waals surface area contributed by atoms with Gasteiger partial charge in [-0.15, -0.1) is 0 Å². The molecule has 1 N–H and O–H groups in total. The first-order valence-electron chi connectivity index (χ1n) is 5.99. The van der Waals surface area contributed by atoms with E-state index >= 15 is 0 Å². The largest absolute Gasteiger partial charge is 0.343 e. The van der Waals surface area contributed by atoms with E-state index in [4.69, 9.17) is 0 Å². The number of nitrogens with one attached hydrogen (secondary N) is 1. The number of nitrogens with zero attached hydrogens (tertiary/aromatic N) is 2. The van der Waals surface area contributed by atoms with Crippen LogP contribution in [0.2, 0.25) is 0 Å². The fraction of sp³-hybridized carbons (Fsp3) is 0.308. The molecule has 3 rings (SSSR count). The predicted molar refractivity (Wildman–Crippen MR) is 74.0 cm³/mol. The Morgan fingerprint density at radius 1 is 1.42 bits per heavy atom. The number of hydrogen-bond acceptors (Lipinski definition) is 4. The number of fused-ring (bicyclic) bond motifs is 1. The minimum absolute atomic E-state index is 0.200. The van der Waals surface area contributed by atoms with Crippen LogP contribution in [0.3, 0.4) is 0 Å². The van der Waals surface area contributed by atoms with Crippen LogP contribution in [0.15, 0.2) is 27.7 Å². The van der Waals surface area contributed by atoms with Crippen molar-refractivity contribution in [3.8, 4) is 0 Å². The first-order valence-corrected chi connectivity index (χ1v) is 6.78. The summed E-state index contributed by atoms with van der Waals surface area (Å²) in [6.45, 7) is 2.44. The van der Waals surface area contributed by atoms with E-state index in [1.54, 1.807) is 0 Å². The lowest BCUT2D eigenvalue weighted by atomic mass is 10.1. The van der Waals surface area contributed by atoms with Crippen molar-refractivity contribution in [1.29, 1.82) is 0 Å². The topological polar surface area (TPSA) is 61.8 Å². The molecule has 0 radical (unpaired) electrons. The summed E-state index contributed by atoms with van der Waals surface area (Å²) in [5, 5.41) is 2.34. The van der Waals surface area contributed by atoms with E-state index in [0.29, 0.717) is 6.54 Å². The van der Waals surface area contributed by atoms with Crippen molar-refractivity contribution >= 4 is 39.3 Å². The van der Waals surface area contributed by atoms with Crippen LogP contribution in [-0.2, 0) is 16.1 Å². The van der Waals surface area contributed by atoms with Crippen LogP contribution in [0.5, 0.6) is 0 Å². The van der Waals surface area contributed by atoms with E-state index in [1.165, 1.54) is 0 Å². The van der Waals surface area contributed by atoms with E-state index in [2.05, 4.69) is 26.2 Å². The molecule has 5 nitrogen and oxygen atoms in total. The number of hydrogen-bond donors (Lipinski definition) is 1. The van der Waals surface area contributed by atoms with Gasteiger partial charge in [-0.25, -0.2) is 4.99 Å². The Morgan fingerprint density at radius 2 is 2.21 bits per heavy atom. The van der Waals surface area contributed by atoms with Crippen LogP contribution < -0.4 is 5.32 Å². The maximum atomic E-state index is 11.8. The average molecular weight is 322 g/mol. The second kappa shape index (κ2) is 4.45. The monoisotopic (exact) mass is 321 g/mol. The zero-order chi connectivity index (χ0) is 13.6. The van der Waals surface area contributed by atoms with Crippen molar-refractivity contribution < 1.29 is 9.59 Å². The lowest BCUT2D eigenvalue weighted by Gasteiger charge is -2.32. The molecule has 2 aliphatic heterocycles. The van der Waals surface area contributed by atoms with Gasteiger partial charge in [0.2, 0.25) is 11.8 Å². The van der Waals surface area contributed by atoms with Gasteiger partial charge in [0.1, 0.15) is 11.9 Å². The number of rotatable bonds is 1. The van der Waals surface area contributed by atoms with Crippen molar-refractivity contribution in [1.82, 2.24) is 10.2 Å². The molecule has 2 heterocycles. The highest BCUT2D eigenvalue weighted by Crippen LogP contribution is 2.33. The Kier molecular flexibility index (Phi) is 2.89. The molecule has 6 heteroatoms. The summed E-state index contributed by atoms with van der Waals surface area (Å²) in [7, 11) is 0. The molecular weight excluding hydrogens is 310 g/mol. The molecule has 1 aromatic carbocycles. The fourth-order valence-electron chi connectivity index (χ4n) is 2.46. The number of halogens is 1. The minimum Gasteiger partial charge on any atom is -0.343 e. The molecule has 0 aliphatic carbocycles. The normalized spacial score (nSPS) is 22.1. The molecule has 0 bridgehead atoms. The van der Waals surface area contributed by atoms with Crippen LogP contribution in [0.1, 0.15) is 18.9 Å². The second-order valence-corrected chi connectivity index (χ2v) is 5.51. The number of carbonyl (C=O) groups is 2. The van der Waals surface area contributed by atoms with E-state index in [1.807, 2.05) is 30.0 Å². The number of amides is 2. The van der Waals surface area contributed by atoms with Gasteiger partial charge in [-0.05, 0) is 19.1 Å². The quantitative estimate of drug-likeness (QED) is 0.801. The molecule has 1 saturated heterocycles. The minimum atomic E-state index is -0.448. The van der Waals surface area contributed by atoms with Crippen LogP contribution in [-0.4, -0.2) is 28.6 Å². The van der Waals surface area contributed by atoms with Crippen molar-refractivity contribution in [3.63, 3.8) is 0 Å². The van der Waals surface area contributed by atoms with Crippen LogP contribution in [0, 0.1) is 0 Å². The summed E-state index contributed by atoms with van der Waals surface area (Å²) in [4.78, 5) is 29.5. The molecule has 98 valence electrons. The Labute approximate surface area is 118 Å². The first kappa shape index (κ1) is 12.3. The van der Waals surface area contributed by atoms with Crippen LogP contribution in [0.4, 0.5) is 5.69 Å². The third-order valence-electron chi connectivity index (χ3n) is 3.44. The first-order chi connectivity index (χ1) is 9.06. The van der Waals surface area contributed by atoms with Gasteiger partial charge in [0, 0.05) is 16.6 Å². The third-order valence-corrected chi connectivity index (χ3v) is 4.18. The highest BCUT2D eigenvalue weighted by molar-refractivity contribution is 9.10. The van der Waals surface area contributed by atoms with E-state index in [9.17, 15) is 9.59 Å². The zero-order valence-electron chi connectivity index (χ0n) is 10.3. The maximum absolute atomic E-state index is 11.8. The zero-order valence-corrected chi connectivity index (χ0v) is 11.9. The molecular formula is C13H12BrN3O2. The Hall–Kier alpha value is -1.69. The molecule has 1 unspecified atom stereocenters. The van der Waals surface area contributed by atoms with Crippen molar-refractivity contribution in [3.05, 3.63) is 28.2 Å². The lowest BCUT2D eigenvalue weighted by molar-refractivity contribution is -0.125. The van der Waals surface area contributed by atoms with Crippen molar-refractivity contribution in [2.75, 3.05) is 0 Å². The summed E-state index contributed by atoms with van der Waals surface area (Å²) in [6.07, 6.45) is 0.200. The van der Waals surface area contributed by atoms with Gasteiger partial charge < -0.3 is 4.90 Å². The van der Waals surface area contributed by atoms with Gasteiger partial charge in [0.15, 0.2) is 0 Å². The molecule has 0 aromatic heterocycles. The standard InChI is InChI=1S/C13H12BrN3O2/c1-7-15-10-4-2-3-9(14)8(10)6-17(7)11-5-12(18)16-13(11)19/h2-4,11H,5-6H2,1H3,(H,16,18,19). The molecule has 1 atom stereocenters. The highest BCUT2D eigenvalue weighted by Gasteiger charge is 2.37. The summed E-state index contributed by atoms with van der Waals surface area (Å²) in [5.74, 6) is 0.302. The molecule has 1 aromatic rings. The lowest BCUT2D eigenvalue weighted by Crippen LogP contribution is -2.44. The number of benzene rings is 1. The molecule has 0 spiro atoms. The fourth-order valence-corrected chi connectivity index (χ4v) is 2.94. The smallest absolute Gasteiger partial charge is 0.249 e. The second-order valence-electron chi connectivity index (χ2n) is 4.66. The van der Waals surface area contributed by atoms with Gasteiger partial charge in [-0.2, -0.15) is 0 Å². The van der Waals surface area contributed by atoms with E-state index in [0.717, 1.165) is 21.6 Å².